The molecule has 0 aliphatic heterocycles. The summed E-state index contributed by atoms with van der Waals surface area (Å²) in [4.78, 5) is 2.36. The van der Waals surface area contributed by atoms with E-state index < -0.39 is 0 Å². The molecule has 63 heavy (non-hydrogen) atoms. The summed E-state index contributed by atoms with van der Waals surface area (Å²) in [7, 11) is 0. The number of benzene rings is 10. The van der Waals surface area contributed by atoms with Crippen LogP contribution in [-0.2, 0) is 0 Å². The van der Waals surface area contributed by atoms with Crippen LogP contribution in [-0.4, -0.2) is 4.57 Å². The number of para-hydroxylation sites is 3. The molecule has 12 aromatic rings. The first-order chi connectivity index (χ1) is 31.2. The van der Waals surface area contributed by atoms with E-state index >= 15 is 0 Å². The second-order valence-corrected chi connectivity index (χ2v) is 16.1. The largest absolute Gasteiger partial charge is 0.456 e. The van der Waals surface area contributed by atoms with E-state index in [1.807, 2.05) is 12.1 Å². The van der Waals surface area contributed by atoms with Crippen molar-refractivity contribution < 1.29 is 4.42 Å². The van der Waals surface area contributed by atoms with E-state index in [-0.39, 0.29) is 0 Å². The molecule has 0 aliphatic rings. The predicted molar refractivity (Wildman–Crippen MR) is 264 cm³/mol. The molecule has 0 amide bonds. The number of rotatable bonds is 8. The van der Waals surface area contributed by atoms with E-state index in [0.717, 1.165) is 72.5 Å². The van der Waals surface area contributed by atoms with Gasteiger partial charge in [0.1, 0.15) is 11.2 Å². The van der Waals surface area contributed by atoms with Gasteiger partial charge in [0.15, 0.2) is 0 Å². The van der Waals surface area contributed by atoms with Crippen molar-refractivity contribution in [2.24, 2.45) is 0 Å². The van der Waals surface area contributed by atoms with Gasteiger partial charge >= 0.3 is 0 Å². The third kappa shape index (κ3) is 6.46. The van der Waals surface area contributed by atoms with Crippen LogP contribution in [0.25, 0.3) is 93.9 Å². The van der Waals surface area contributed by atoms with Crippen LogP contribution in [0.5, 0.6) is 0 Å². The van der Waals surface area contributed by atoms with Crippen LogP contribution < -0.4 is 4.90 Å². The van der Waals surface area contributed by atoms with E-state index in [1.54, 1.807) is 0 Å². The molecule has 0 N–H and O–H groups in total. The third-order valence-electron chi connectivity index (χ3n) is 12.4. The lowest BCUT2D eigenvalue weighted by atomic mass is 9.97. The van der Waals surface area contributed by atoms with E-state index in [2.05, 4.69) is 240 Å². The summed E-state index contributed by atoms with van der Waals surface area (Å²) >= 11 is 0. The molecule has 0 atom stereocenters. The van der Waals surface area contributed by atoms with Gasteiger partial charge in [0.2, 0.25) is 0 Å². The van der Waals surface area contributed by atoms with Crippen LogP contribution >= 0.6 is 0 Å². The summed E-state index contributed by atoms with van der Waals surface area (Å²) < 4.78 is 8.75. The highest BCUT2D eigenvalue weighted by Gasteiger charge is 2.19. The van der Waals surface area contributed by atoms with Crippen molar-refractivity contribution in [1.29, 1.82) is 0 Å². The Morgan fingerprint density at radius 2 is 0.762 bits per heavy atom. The van der Waals surface area contributed by atoms with Crippen LogP contribution in [0.2, 0.25) is 0 Å². The number of fused-ring (bicyclic) bond motifs is 6. The minimum atomic E-state index is 0.889. The van der Waals surface area contributed by atoms with Crippen LogP contribution in [0.1, 0.15) is 0 Å². The normalized spacial score (nSPS) is 11.5. The van der Waals surface area contributed by atoms with Gasteiger partial charge in [-0.25, -0.2) is 0 Å². The van der Waals surface area contributed by atoms with E-state index in [0.29, 0.717) is 0 Å². The first-order valence-corrected chi connectivity index (χ1v) is 21.5. The molecule has 3 nitrogen and oxygen atoms in total. The fourth-order valence-electron chi connectivity index (χ4n) is 9.38. The topological polar surface area (TPSA) is 21.3 Å². The van der Waals surface area contributed by atoms with Crippen LogP contribution in [0, 0.1) is 0 Å². The van der Waals surface area contributed by atoms with Gasteiger partial charge in [0, 0.05) is 44.2 Å². The smallest absolute Gasteiger partial charge is 0.136 e. The minimum Gasteiger partial charge on any atom is -0.456 e. The van der Waals surface area contributed by atoms with E-state index in [9.17, 15) is 0 Å². The quantitative estimate of drug-likeness (QED) is 0.153. The number of nitrogens with zero attached hydrogens (tertiary/aromatic N) is 2. The van der Waals surface area contributed by atoms with Crippen molar-refractivity contribution in [3.63, 3.8) is 0 Å². The summed E-state index contributed by atoms with van der Waals surface area (Å²) in [6.07, 6.45) is 0. The molecular formula is C60H40N2O. The molecule has 0 unspecified atom stereocenters. The Kier molecular flexibility index (Phi) is 8.83. The number of hydrogen-bond donors (Lipinski definition) is 0. The number of anilines is 3. The Morgan fingerprint density at radius 1 is 0.286 bits per heavy atom. The van der Waals surface area contributed by atoms with Crippen molar-refractivity contribution in [3.8, 4) is 50.2 Å². The Morgan fingerprint density at radius 3 is 1.44 bits per heavy atom. The van der Waals surface area contributed by atoms with Crippen LogP contribution in [0.15, 0.2) is 247 Å². The fourth-order valence-corrected chi connectivity index (χ4v) is 9.38. The molecule has 296 valence electrons. The van der Waals surface area contributed by atoms with E-state index in [1.165, 1.54) is 38.5 Å². The molecule has 10 aromatic carbocycles. The second-order valence-electron chi connectivity index (χ2n) is 16.1. The van der Waals surface area contributed by atoms with Crippen molar-refractivity contribution in [1.82, 2.24) is 4.57 Å². The number of furan rings is 1. The zero-order valence-corrected chi connectivity index (χ0v) is 34.4. The lowest BCUT2D eigenvalue weighted by Crippen LogP contribution is -2.10. The average molecular weight is 805 g/mol. The Bertz CT molecular complexity index is 3570. The van der Waals surface area contributed by atoms with Gasteiger partial charge in [-0.1, -0.05) is 170 Å². The van der Waals surface area contributed by atoms with Gasteiger partial charge in [-0.3, -0.25) is 0 Å². The lowest BCUT2D eigenvalue weighted by molar-refractivity contribution is 0.669. The molecular weight excluding hydrogens is 765 g/mol. The number of hydrogen-bond acceptors (Lipinski definition) is 2. The van der Waals surface area contributed by atoms with Gasteiger partial charge in [0.05, 0.1) is 16.7 Å². The molecule has 0 radical (unpaired) electrons. The van der Waals surface area contributed by atoms with E-state index in [4.69, 9.17) is 4.42 Å². The zero-order chi connectivity index (χ0) is 41.7. The van der Waals surface area contributed by atoms with Crippen molar-refractivity contribution >= 4 is 60.8 Å². The molecule has 3 heteroatoms. The number of aromatic nitrogens is 1. The standard InChI is InChI=1S/C60H40N2O/c1-3-15-41(16-4-1)44-19-13-21-49(37-44)61(50-22-14-20-45(38-50)47-32-36-55-54-25-9-12-28-59(54)63-60(55)40-47)48-33-29-42(30-34-48)46-31-35-51(43-17-5-2-6-18-43)58(39-46)62-56-26-10-7-23-52(56)53-24-8-11-27-57(53)62/h1-40H. The first kappa shape index (κ1) is 36.5. The SMILES string of the molecule is c1ccc(-c2cccc(N(c3ccc(-c4ccc(-c5ccccc5)c(-n5c6ccccc6c6ccccc65)c4)cc3)c3cccc(-c4ccc5c(c4)oc4ccccc45)c3)c2)cc1. The maximum Gasteiger partial charge on any atom is 0.136 e. The second kappa shape index (κ2) is 15.3. The minimum absolute atomic E-state index is 0.889. The molecule has 2 aromatic heterocycles. The fraction of sp³-hybridized carbons (Fsp3) is 0. The third-order valence-corrected chi connectivity index (χ3v) is 12.4. The van der Waals surface area contributed by atoms with Crippen LogP contribution in [0.3, 0.4) is 0 Å². The highest BCUT2D eigenvalue weighted by Crippen LogP contribution is 2.42. The van der Waals surface area contributed by atoms with Gasteiger partial charge in [-0.05, 0) is 112 Å². The van der Waals surface area contributed by atoms with Crippen molar-refractivity contribution in [2.45, 2.75) is 0 Å². The summed E-state index contributed by atoms with van der Waals surface area (Å²) in [6.45, 7) is 0. The molecule has 2 heterocycles. The lowest BCUT2D eigenvalue weighted by Gasteiger charge is -2.27. The monoisotopic (exact) mass is 804 g/mol. The van der Waals surface area contributed by atoms with Gasteiger partial charge < -0.3 is 13.9 Å². The molecule has 0 saturated heterocycles. The summed E-state index contributed by atoms with van der Waals surface area (Å²) in [5, 5.41) is 4.76. The maximum atomic E-state index is 6.32. The van der Waals surface area contributed by atoms with Gasteiger partial charge in [0.25, 0.3) is 0 Å². The van der Waals surface area contributed by atoms with Gasteiger partial charge in [-0.2, -0.15) is 0 Å². The molecule has 0 saturated carbocycles. The molecule has 0 spiro atoms. The highest BCUT2D eigenvalue weighted by atomic mass is 16.3. The highest BCUT2D eigenvalue weighted by molar-refractivity contribution is 6.10. The van der Waals surface area contributed by atoms with Crippen LogP contribution in [0.4, 0.5) is 17.1 Å². The first-order valence-electron chi connectivity index (χ1n) is 21.5. The van der Waals surface area contributed by atoms with Crippen molar-refractivity contribution in [3.05, 3.63) is 243 Å². The Hall–Kier alpha value is -8.40. The molecule has 0 bridgehead atoms. The predicted octanol–water partition coefficient (Wildman–Crippen LogP) is 16.8. The summed E-state index contributed by atoms with van der Waals surface area (Å²) in [5.74, 6) is 0. The molecule has 12 rings (SSSR count). The molecule has 0 fully saturated rings. The van der Waals surface area contributed by atoms with Crippen molar-refractivity contribution in [2.75, 3.05) is 4.90 Å². The summed E-state index contributed by atoms with van der Waals surface area (Å²) in [5.41, 5.74) is 17.8. The maximum absolute atomic E-state index is 6.32. The Balaban J connectivity index is 0.980. The average Bonchev–Trinajstić information content (AvgIpc) is 3.90. The molecule has 0 aliphatic carbocycles. The zero-order valence-electron chi connectivity index (χ0n) is 34.4. The summed E-state index contributed by atoms with van der Waals surface area (Å²) in [6, 6.07) is 87.2. The van der Waals surface area contributed by atoms with Gasteiger partial charge in [-0.15, -0.1) is 0 Å². The Labute approximate surface area is 366 Å².